The molecular formula is C9H23N5. The van der Waals surface area contributed by atoms with Crippen molar-refractivity contribution in [3.63, 3.8) is 0 Å². The Labute approximate surface area is 85.6 Å². The monoisotopic (exact) mass is 201 g/mol. The summed E-state index contributed by atoms with van der Waals surface area (Å²) in [5.74, 6) is 0. The van der Waals surface area contributed by atoms with E-state index in [0.717, 1.165) is 32.1 Å². The van der Waals surface area contributed by atoms with Gasteiger partial charge in [-0.15, -0.1) is 0 Å². The van der Waals surface area contributed by atoms with Gasteiger partial charge in [0.2, 0.25) is 0 Å². The number of nitrogens with two attached hydrogens (primary N) is 4. The molecule has 0 aromatic heterocycles. The van der Waals surface area contributed by atoms with Crippen LogP contribution in [0.25, 0.3) is 0 Å². The van der Waals surface area contributed by atoms with Crippen LogP contribution < -0.4 is 28.3 Å². The minimum atomic E-state index is -0.161. The van der Waals surface area contributed by atoms with Gasteiger partial charge in [-0.1, -0.05) is 0 Å². The molecule has 1 rings (SSSR count). The van der Waals surface area contributed by atoms with Gasteiger partial charge >= 0.3 is 0 Å². The molecule has 0 amide bonds. The molecule has 0 aliphatic carbocycles. The van der Waals surface area contributed by atoms with Crippen molar-refractivity contribution in [3.05, 3.63) is 0 Å². The second-order valence-electron chi connectivity index (χ2n) is 4.36. The van der Waals surface area contributed by atoms with Gasteiger partial charge in [0, 0.05) is 5.54 Å². The molecule has 84 valence electrons. The first kappa shape index (κ1) is 11.9. The highest BCUT2D eigenvalue weighted by molar-refractivity contribution is 4.88. The van der Waals surface area contributed by atoms with Crippen molar-refractivity contribution in [3.8, 4) is 0 Å². The van der Waals surface area contributed by atoms with Gasteiger partial charge in [-0.05, 0) is 38.6 Å². The zero-order valence-corrected chi connectivity index (χ0v) is 8.71. The number of rotatable bonds is 2. The Morgan fingerprint density at radius 1 is 1.14 bits per heavy atom. The summed E-state index contributed by atoms with van der Waals surface area (Å²) in [6, 6.07) is 0. The third-order valence-corrected chi connectivity index (χ3v) is 2.98. The molecule has 1 aliphatic rings. The summed E-state index contributed by atoms with van der Waals surface area (Å²) in [6.07, 6.45) is 4.36. The number of hydrogen-bond acceptors (Lipinski definition) is 5. The topological polar surface area (TPSA) is 116 Å². The third kappa shape index (κ3) is 3.51. The van der Waals surface area contributed by atoms with Crippen LogP contribution >= 0.6 is 0 Å². The standard InChI is InChI=1S/C9H23N5/c10-6-5-9(13)3-1-7(11)14-8(12)2-4-9/h7-8,14H,1-6,10-13H2. The molecule has 1 fully saturated rings. The first-order valence-corrected chi connectivity index (χ1v) is 5.32. The van der Waals surface area contributed by atoms with E-state index in [9.17, 15) is 0 Å². The van der Waals surface area contributed by atoms with Crippen molar-refractivity contribution < 1.29 is 0 Å². The number of hydrogen-bond donors (Lipinski definition) is 5. The smallest absolute Gasteiger partial charge is 0.0558 e. The van der Waals surface area contributed by atoms with E-state index in [2.05, 4.69) is 5.32 Å². The van der Waals surface area contributed by atoms with Gasteiger partial charge in [0.05, 0.1) is 12.3 Å². The van der Waals surface area contributed by atoms with Crippen molar-refractivity contribution in [2.45, 2.75) is 50.0 Å². The van der Waals surface area contributed by atoms with Crippen LogP contribution in [0.5, 0.6) is 0 Å². The van der Waals surface area contributed by atoms with Crippen LogP contribution in [0.3, 0.4) is 0 Å². The van der Waals surface area contributed by atoms with Crippen molar-refractivity contribution in [1.29, 1.82) is 0 Å². The molecule has 0 saturated carbocycles. The predicted octanol–water partition coefficient (Wildman–Crippen LogP) is -1.23. The maximum Gasteiger partial charge on any atom is 0.0558 e. The molecule has 0 spiro atoms. The van der Waals surface area contributed by atoms with Crippen LogP contribution in [-0.4, -0.2) is 24.4 Å². The average Bonchev–Trinajstić information content (AvgIpc) is 2.11. The SMILES string of the molecule is NCCC1(N)CCC(N)NC(N)CC1. The lowest BCUT2D eigenvalue weighted by Crippen LogP contribution is -2.54. The van der Waals surface area contributed by atoms with Crippen LogP contribution in [0.2, 0.25) is 0 Å². The molecule has 14 heavy (non-hydrogen) atoms. The molecular weight excluding hydrogens is 178 g/mol. The van der Waals surface area contributed by atoms with Gasteiger partial charge in [0.25, 0.3) is 0 Å². The molecule has 2 atom stereocenters. The zero-order chi connectivity index (χ0) is 10.6. The van der Waals surface area contributed by atoms with E-state index in [1.54, 1.807) is 0 Å². The highest BCUT2D eigenvalue weighted by atomic mass is 15.1. The van der Waals surface area contributed by atoms with Crippen molar-refractivity contribution in [1.82, 2.24) is 5.32 Å². The van der Waals surface area contributed by atoms with E-state index in [1.165, 1.54) is 0 Å². The molecule has 0 bridgehead atoms. The summed E-state index contributed by atoms with van der Waals surface area (Å²) in [7, 11) is 0. The van der Waals surface area contributed by atoms with Crippen LogP contribution in [0, 0.1) is 0 Å². The summed E-state index contributed by atoms with van der Waals surface area (Å²) < 4.78 is 0. The van der Waals surface area contributed by atoms with Crippen molar-refractivity contribution >= 4 is 0 Å². The molecule has 0 radical (unpaired) electrons. The Morgan fingerprint density at radius 3 is 2.07 bits per heavy atom. The van der Waals surface area contributed by atoms with Gasteiger partial charge in [0.15, 0.2) is 0 Å². The molecule has 2 unspecified atom stereocenters. The maximum atomic E-state index is 6.24. The quantitative estimate of drug-likeness (QED) is 0.383. The fourth-order valence-electron chi connectivity index (χ4n) is 1.99. The summed E-state index contributed by atoms with van der Waals surface area (Å²) in [6.45, 7) is 0.633. The lowest BCUT2D eigenvalue weighted by molar-refractivity contribution is 0.251. The largest absolute Gasteiger partial charge is 0.330 e. The molecule has 1 aliphatic heterocycles. The summed E-state index contributed by atoms with van der Waals surface area (Å²) >= 11 is 0. The molecule has 5 nitrogen and oxygen atoms in total. The minimum absolute atomic E-state index is 0.0361. The Balaban J connectivity index is 2.52. The van der Waals surface area contributed by atoms with Gasteiger partial charge in [-0.25, -0.2) is 0 Å². The van der Waals surface area contributed by atoms with Crippen molar-refractivity contribution in [2.24, 2.45) is 22.9 Å². The first-order chi connectivity index (χ1) is 6.56. The Hall–Kier alpha value is -0.200. The van der Waals surface area contributed by atoms with Crippen LogP contribution in [0.4, 0.5) is 0 Å². The van der Waals surface area contributed by atoms with Crippen molar-refractivity contribution in [2.75, 3.05) is 6.54 Å². The highest BCUT2D eigenvalue weighted by Crippen LogP contribution is 2.22. The lowest BCUT2D eigenvalue weighted by atomic mass is 9.84. The average molecular weight is 201 g/mol. The second kappa shape index (κ2) is 5.04. The van der Waals surface area contributed by atoms with Gasteiger partial charge in [-0.2, -0.15) is 0 Å². The normalized spacial score (nSPS) is 40.3. The van der Waals surface area contributed by atoms with E-state index in [4.69, 9.17) is 22.9 Å². The van der Waals surface area contributed by atoms with Crippen LogP contribution in [0.1, 0.15) is 32.1 Å². The molecule has 1 saturated heterocycles. The molecule has 5 heteroatoms. The maximum absolute atomic E-state index is 6.24. The van der Waals surface area contributed by atoms with E-state index >= 15 is 0 Å². The molecule has 1 heterocycles. The van der Waals surface area contributed by atoms with Gasteiger partial charge in [-0.3, -0.25) is 5.32 Å². The lowest BCUT2D eigenvalue weighted by Gasteiger charge is -2.35. The highest BCUT2D eigenvalue weighted by Gasteiger charge is 2.27. The molecule has 0 aromatic carbocycles. The van der Waals surface area contributed by atoms with E-state index in [1.807, 2.05) is 0 Å². The third-order valence-electron chi connectivity index (χ3n) is 2.98. The Kier molecular flexibility index (Phi) is 4.28. The number of nitrogens with one attached hydrogen (secondary N) is 1. The molecule has 0 aromatic rings. The fraction of sp³-hybridized carbons (Fsp3) is 1.00. The summed E-state index contributed by atoms with van der Waals surface area (Å²) in [4.78, 5) is 0. The fourth-order valence-corrected chi connectivity index (χ4v) is 1.99. The summed E-state index contributed by atoms with van der Waals surface area (Å²) in [5.41, 5.74) is 23.3. The Morgan fingerprint density at radius 2 is 1.64 bits per heavy atom. The minimum Gasteiger partial charge on any atom is -0.330 e. The summed E-state index contributed by atoms with van der Waals surface area (Å²) in [5, 5.41) is 3.13. The van der Waals surface area contributed by atoms with E-state index in [0.29, 0.717) is 6.54 Å². The second-order valence-corrected chi connectivity index (χ2v) is 4.36. The van der Waals surface area contributed by atoms with E-state index < -0.39 is 0 Å². The predicted molar refractivity (Wildman–Crippen MR) is 58.1 cm³/mol. The van der Waals surface area contributed by atoms with Gasteiger partial charge < -0.3 is 22.9 Å². The molecule has 9 N–H and O–H groups in total. The van der Waals surface area contributed by atoms with Crippen LogP contribution in [0.15, 0.2) is 0 Å². The van der Waals surface area contributed by atoms with Crippen LogP contribution in [-0.2, 0) is 0 Å². The van der Waals surface area contributed by atoms with E-state index in [-0.39, 0.29) is 17.9 Å². The Bertz CT molecular complexity index is 161. The zero-order valence-electron chi connectivity index (χ0n) is 8.71. The van der Waals surface area contributed by atoms with Gasteiger partial charge in [0.1, 0.15) is 0 Å². The first-order valence-electron chi connectivity index (χ1n) is 5.32.